The van der Waals surface area contributed by atoms with Gasteiger partial charge in [0.15, 0.2) is 6.61 Å². The van der Waals surface area contributed by atoms with E-state index in [2.05, 4.69) is 4.74 Å². The van der Waals surface area contributed by atoms with Crippen molar-refractivity contribution in [3.63, 3.8) is 0 Å². The minimum atomic E-state index is -1.17. The fourth-order valence-corrected chi connectivity index (χ4v) is 1.21. The van der Waals surface area contributed by atoms with Gasteiger partial charge in [-0.25, -0.2) is 4.79 Å². The number of aliphatic carboxylic acids is 1. The van der Waals surface area contributed by atoms with Gasteiger partial charge in [-0.2, -0.15) is 0 Å². The van der Waals surface area contributed by atoms with Crippen molar-refractivity contribution < 1.29 is 29.1 Å². The molecule has 8 heteroatoms. The van der Waals surface area contributed by atoms with Crippen LogP contribution in [0.5, 0.6) is 5.75 Å². The predicted molar refractivity (Wildman–Crippen MR) is 57.1 cm³/mol. The number of rotatable bonds is 7. The highest BCUT2D eigenvalue weighted by Gasteiger charge is 2.15. The molecule has 1 rings (SSSR count). The second-order valence-corrected chi connectivity index (χ2v) is 3.14. The van der Waals surface area contributed by atoms with Crippen LogP contribution in [0.25, 0.3) is 0 Å². The van der Waals surface area contributed by atoms with Crippen molar-refractivity contribution in [2.75, 3.05) is 6.61 Å². The van der Waals surface area contributed by atoms with Gasteiger partial charge in [0.1, 0.15) is 12.4 Å². The highest BCUT2D eigenvalue weighted by Crippen LogP contribution is 2.24. The summed E-state index contributed by atoms with van der Waals surface area (Å²) < 4.78 is 9.29. The number of carbonyl (C=O) groups is 2. The predicted octanol–water partition coefficient (Wildman–Crippen LogP) is 0.731. The van der Waals surface area contributed by atoms with Crippen molar-refractivity contribution in [3.05, 3.63) is 33.9 Å². The molecule has 1 aromatic carbocycles. The molecule has 0 aliphatic rings. The molecular formula is C10H9NO7. The van der Waals surface area contributed by atoms with Crippen LogP contribution in [-0.2, 0) is 20.9 Å². The molecule has 96 valence electrons. The number of carboxylic acids is 1. The molecule has 0 unspecified atom stereocenters. The largest absolute Gasteiger partial charge is 0.482 e. The molecule has 0 heterocycles. The SMILES string of the molecule is O=COCc1cc(OCC(=O)O)ccc1[N+](=O)[O-]. The van der Waals surface area contributed by atoms with Gasteiger partial charge in [-0.15, -0.1) is 0 Å². The molecule has 0 fully saturated rings. The molecule has 0 bridgehead atoms. The number of nitro benzene ring substituents is 1. The first-order valence-corrected chi connectivity index (χ1v) is 4.71. The molecule has 0 spiro atoms. The van der Waals surface area contributed by atoms with Gasteiger partial charge in [0, 0.05) is 6.07 Å². The summed E-state index contributed by atoms with van der Waals surface area (Å²) in [6.45, 7) is -0.690. The number of nitrogens with zero attached hydrogens (tertiary/aromatic N) is 1. The van der Waals surface area contributed by atoms with E-state index in [4.69, 9.17) is 9.84 Å². The molecule has 0 aliphatic carbocycles. The Balaban J connectivity index is 2.93. The van der Waals surface area contributed by atoms with Crippen LogP contribution in [0, 0.1) is 10.1 Å². The molecule has 0 radical (unpaired) electrons. The minimum absolute atomic E-state index is 0.120. The van der Waals surface area contributed by atoms with Gasteiger partial charge in [-0.3, -0.25) is 14.9 Å². The van der Waals surface area contributed by atoms with Gasteiger partial charge in [0.05, 0.1) is 10.5 Å². The van der Waals surface area contributed by atoms with Crippen molar-refractivity contribution >= 4 is 18.1 Å². The normalized spacial score (nSPS) is 9.56. The zero-order valence-electron chi connectivity index (χ0n) is 9.07. The summed E-state index contributed by atoms with van der Waals surface area (Å²) in [6.07, 6.45) is 0. The third kappa shape index (κ3) is 3.74. The number of carboxylic acid groups (broad SMARTS) is 1. The zero-order chi connectivity index (χ0) is 13.5. The van der Waals surface area contributed by atoms with Crippen LogP contribution in [0.3, 0.4) is 0 Å². The van der Waals surface area contributed by atoms with Crippen LogP contribution < -0.4 is 4.74 Å². The Bertz CT molecular complexity index is 471. The van der Waals surface area contributed by atoms with Gasteiger partial charge in [0.25, 0.3) is 12.2 Å². The molecular weight excluding hydrogens is 246 g/mol. The molecule has 0 aliphatic heterocycles. The van der Waals surface area contributed by atoms with Crippen molar-refractivity contribution in [2.45, 2.75) is 6.61 Å². The Morgan fingerprint density at radius 3 is 2.78 bits per heavy atom. The Kier molecular flexibility index (Phi) is 4.61. The van der Waals surface area contributed by atoms with Gasteiger partial charge in [0.2, 0.25) is 0 Å². The van der Waals surface area contributed by atoms with Gasteiger partial charge in [-0.1, -0.05) is 0 Å². The lowest BCUT2D eigenvalue weighted by atomic mass is 10.2. The van der Waals surface area contributed by atoms with Crippen LogP contribution in [0.15, 0.2) is 18.2 Å². The minimum Gasteiger partial charge on any atom is -0.482 e. The molecule has 0 aromatic heterocycles. The standard InChI is InChI=1S/C10H9NO7/c12-6-17-4-7-3-8(18-5-10(13)14)1-2-9(7)11(15)16/h1-3,6H,4-5H2,(H,13,14). The molecule has 8 nitrogen and oxygen atoms in total. The van der Waals surface area contributed by atoms with E-state index >= 15 is 0 Å². The third-order valence-electron chi connectivity index (χ3n) is 1.92. The van der Waals surface area contributed by atoms with Gasteiger partial charge >= 0.3 is 5.97 Å². The van der Waals surface area contributed by atoms with E-state index < -0.39 is 17.5 Å². The maximum Gasteiger partial charge on any atom is 0.341 e. The first-order valence-electron chi connectivity index (χ1n) is 4.71. The first kappa shape index (κ1) is 13.4. The monoisotopic (exact) mass is 255 g/mol. The first-order chi connectivity index (χ1) is 8.54. The average Bonchev–Trinajstić information content (AvgIpc) is 2.33. The summed E-state index contributed by atoms with van der Waals surface area (Å²) >= 11 is 0. The zero-order valence-corrected chi connectivity index (χ0v) is 9.07. The average molecular weight is 255 g/mol. The lowest BCUT2D eigenvalue weighted by Crippen LogP contribution is -2.09. The molecule has 1 aromatic rings. The Hall–Kier alpha value is -2.64. The summed E-state index contributed by atoms with van der Waals surface area (Å²) in [5.41, 5.74) is -0.116. The van der Waals surface area contributed by atoms with Crippen LogP contribution in [0.4, 0.5) is 5.69 Å². The number of benzene rings is 1. The molecule has 0 amide bonds. The quantitative estimate of drug-likeness (QED) is 0.433. The van der Waals surface area contributed by atoms with Crippen molar-refractivity contribution in [1.29, 1.82) is 0 Å². The Morgan fingerprint density at radius 2 is 2.22 bits per heavy atom. The van der Waals surface area contributed by atoms with Crippen molar-refractivity contribution in [3.8, 4) is 5.75 Å². The number of hydrogen-bond donors (Lipinski definition) is 1. The third-order valence-corrected chi connectivity index (χ3v) is 1.92. The number of hydrogen-bond acceptors (Lipinski definition) is 6. The van der Waals surface area contributed by atoms with E-state index in [9.17, 15) is 19.7 Å². The number of carbonyl (C=O) groups excluding carboxylic acids is 1. The van der Waals surface area contributed by atoms with Crippen LogP contribution in [-0.4, -0.2) is 29.1 Å². The summed E-state index contributed by atoms with van der Waals surface area (Å²) in [5.74, 6) is -1.02. The van der Waals surface area contributed by atoms with E-state index in [0.29, 0.717) is 0 Å². The van der Waals surface area contributed by atoms with Crippen LogP contribution in [0.2, 0.25) is 0 Å². The highest BCUT2D eigenvalue weighted by atomic mass is 16.6. The highest BCUT2D eigenvalue weighted by molar-refractivity contribution is 5.68. The summed E-state index contributed by atoms with van der Waals surface area (Å²) in [5, 5.41) is 19.1. The van der Waals surface area contributed by atoms with E-state index in [-0.39, 0.29) is 30.1 Å². The topological polar surface area (TPSA) is 116 Å². The lowest BCUT2D eigenvalue weighted by molar-refractivity contribution is -0.385. The van der Waals surface area contributed by atoms with Crippen LogP contribution >= 0.6 is 0 Å². The van der Waals surface area contributed by atoms with E-state index in [1.807, 2.05) is 0 Å². The van der Waals surface area contributed by atoms with E-state index in [1.165, 1.54) is 12.1 Å². The molecule has 0 atom stereocenters. The second kappa shape index (κ2) is 6.18. The number of nitro groups is 1. The summed E-state index contributed by atoms with van der Waals surface area (Å²) in [6, 6.07) is 3.68. The summed E-state index contributed by atoms with van der Waals surface area (Å²) in [4.78, 5) is 30.4. The van der Waals surface area contributed by atoms with Crippen molar-refractivity contribution in [2.24, 2.45) is 0 Å². The van der Waals surface area contributed by atoms with Gasteiger partial charge in [-0.05, 0) is 12.1 Å². The van der Waals surface area contributed by atoms with Crippen LogP contribution in [0.1, 0.15) is 5.56 Å². The Morgan fingerprint density at radius 1 is 1.50 bits per heavy atom. The fraction of sp³-hybridized carbons (Fsp3) is 0.200. The molecule has 0 saturated carbocycles. The maximum atomic E-state index is 10.7. The smallest absolute Gasteiger partial charge is 0.341 e. The summed E-state index contributed by atoms with van der Waals surface area (Å²) in [7, 11) is 0. The molecule has 18 heavy (non-hydrogen) atoms. The number of ether oxygens (including phenoxy) is 2. The van der Waals surface area contributed by atoms with E-state index in [1.54, 1.807) is 0 Å². The maximum absolute atomic E-state index is 10.7. The lowest BCUT2D eigenvalue weighted by Gasteiger charge is -2.06. The second-order valence-electron chi connectivity index (χ2n) is 3.14. The van der Waals surface area contributed by atoms with E-state index in [0.717, 1.165) is 6.07 Å². The van der Waals surface area contributed by atoms with Crippen molar-refractivity contribution in [1.82, 2.24) is 0 Å². The van der Waals surface area contributed by atoms with Gasteiger partial charge < -0.3 is 14.6 Å². The fourth-order valence-electron chi connectivity index (χ4n) is 1.21. The Labute approximate surface area is 101 Å². The molecule has 0 saturated heterocycles. The molecule has 1 N–H and O–H groups in total.